The molecule has 0 radical (unpaired) electrons. The van der Waals surface area contributed by atoms with E-state index in [1.54, 1.807) is 18.4 Å². The Hall–Kier alpha value is -1.20. The summed E-state index contributed by atoms with van der Waals surface area (Å²) < 4.78 is 7.14. The summed E-state index contributed by atoms with van der Waals surface area (Å²) in [5, 5.41) is 1.98. The van der Waals surface area contributed by atoms with E-state index in [4.69, 9.17) is 4.74 Å². The zero-order valence-electron chi connectivity index (χ0n) is 10.0. The van der Waals surface area contributed by atoms with Crippen molar-refractivity contribution in [3.8, 4) is 0 Å². The first-order chi connectivity index (χ1) is 8.24. The molecule has 0 bridgehead atoms. The summed E-state index contributed by atoms with van der Waals surface area (Å²) in [6, 6.07) is 0. The average molecular weight is 252 g/mol. The molecule has 2 heterocycles. The lowest BCUT2D eigenvalue weighted by Crippen LogP contribution is -2.24. The highest BCUT2D eigenvalue weighted by Gasteiger charge is 2.18. The first kappa shape index (κ1) is 12.3. The van der Waals surface area contributed by atoms with Crippen LogP contribution in [0.15, 0.2) is 17.8 Å². The Morgan fingerprint density at radius 2 is 2.47 bits per heavy atom. The van der Waals surface area contributed by atoms with E-state index in [-0.39, 0.29) is 11.9 Å². The normalized spacial score (nSPS) is 13.1. The SMILES string of the molecule is CCCC(OC)C(=O)Cc1cn2ccsc2n1. The number of aromatic nitrogens is 2. The van der Waals surface area contributed by atoms with Crippen molar-refractivity contribution >= 4 is 22.1 Å². The standard InChI is InChI=1S/C12H16N2O2S/c1-3-4-11(16-2)10(15)7-9-8-14-5-6-17-12(14)13-9/h5-6,8,11H,3-4,7H2,1-2H3. The molecule has 1 unspecified atom stereocenters. The Balaban J connectivity index is 2.05. The van der Waals surface area contributed by atoms with Gasteiger partial charge in [0.25, 0.3) is 0 Å². The molecular weight excluding hydrogens is 236 g/mol. The monoisotopic (exact) mass is 252 g/mol. The average Bonchev–Trinajstić information content (AvgIpc) is 2.85. The van der Waals surface area contributed by atoms with Gasteiger partial charge in [-0.1, -0.05) is 13.3 Å². The lowest BCUT2D eigenvalue weighted by atomic mass is 10.1. The van der Waals surface area contributed by atoms with Gasteiger partial charge >= 0.3 is 0 Å². The number of hydrogen-bond acceptors (Lipinski definition) is 4. The topological polar surface area (TPSA) is 43.6 Å². The predicted octanol–water partition coefficient (Wildman–Crippen LogP) is 2.32. The molecule has 5 heteroatoms. The minimum Gasteiger partial charge on any atom is -0.374 e. The van der Waals surface area contributed by atoms with E-state index in [9.17, 15) is 4.79 Å². The summed E-state index contributed by atoms with van der Waals surface area (Å²) in [5.74, 6) is 0.111. The summed E-state index contributed by atoms with van der Waals surface area (Å²) in [4.78, 5) is 17.3. The molecule has 0 aromatic carbocycles. The third kappa shape index (κ3) is 2.73. The fraction of sp³-hybridized carbons (Fsp3) is 0.500. The van der Waals surface area contributed by atoms with Gasteiger partial charge in [-0.15, -0.1) is 11.3 Å². The van der Waals surface area contributed by atoms with Crippen LogP contribution in [0, 0.1) is 0 Å². The summed E-state index contributed by atoms with van der Waals surface area (Å²) in [6.07, 6.45) is 5.63. The second-order valence-corrected chi connectivity index (χ2v) is 4.85. The minimum absolute atomic E-state index is 0.111. The minimum atomic E-state index is -0.292. The van der Waals surface area contributed by atoms with Crippen LogP contribution in [0.5, 0.6) is 0 Å². The Morgan fingerprint density at radius 3 is 3.12 bits per heavy atom. The Kier molecular flexibility index (Phi) is 3.91. The van der Waals surface area contributed by atoms with E-state index in [0.29, 0.717) is 6.42 Å². The number of rotatable bonds is 6. The number of ketones is 1. The Bertz CT molecular complexity index is 475. The number of carbonyl (C=O) groups excluding carboxylic acids is 1. The van der Waals surface area contributed by atoms with Crippen LogP contribution in [0.3, 0.4) is 0 Å². The number of thiazole rings is 1. The highest BCUT2D eigenvalue weighted by atomic mass is 32.1. The molecular formula is C12H16N2O2S. The molecule has 4 nitrogen and oxygen atoms in total. The van der Waals surface area contributed by atoms with Gasteiger partial charge in [0.15, 0.2) is 10.7 Å². The van der Waals surface area contributed by atoms with Crippen LogP contribution in [-0.2, 0) is 16.0 Å². The molecule has 0 spiro atoms. The van der Waals surface area contributed by atoms with Crippen LogP contribution < -0.4 is 0 Å². The fourth-order valence-electron chi connectivity index (χ4n) is 1.83. The lowest BCUT2D eigenvalue weighted by molar-refractivity contribution is -0.128. The van der Waals surface area contributed by atoms with Gasteiger partial charge in [-0.05, 0) is 6.42 Å². The third-order valence-electron chi connectivity index (χ3n) is 2.69. The molecule has 0 amide bonds. The summed E-state index contributed by atoms with van der Waals surface area (Å²) in [6.45, 7) is 2.05. The molecule has 2 aromatic rings. The molecule has 0 saturated carbocycles. The van der Waals surface area contributed by atoms with Gasteiger partial charge < -0.3 is 4.74 Å². The van der Waals surface area contributed by atoms with Gasteiger partial charge in [0.05, 0.1) is 12.1 Å². The first-order valence-corrected chi connectivity index (χ1v) is 6.59. The Labute approximate surface area is 104 Å². The van der Waals surface area contributed by atoms with E-state index in [2.05, 4.69) is 4.98 Å². The fourth-order valence-corrected chi connectivity index (χ4v) is 2.55. The number of methoxy groups -OCH3 is 1. The van der Waals surface area contributed by atoms with Crippen molar-refractivity contribution in [1.29, 1.82) is 0 Å². The molecule has 1 atom stereocenters. The van der Waals surface area contributed by atoms with Gasteiger partial charge in [-0.2, -0.15) is 0 Å². The molecule has 17 heavy (non-hydrogen) atoms. The molecule has 0 fully saturated rings. The van der Waals surface area contributed by atoms with E-state index in [0.717, 1.165) is 23.5 Å². The van der Waals surface area contributed by atoms with Crippen molar-refractivity contribution in [3.05, 3.63) is 23.5 Å². The molecule has 0 aliphatic heterocycles. The number of fused-ring (bicyclic) bond motifs is 1. The zero-order chi connectivity index (χ0) is 12.3. The number of carbonyl (C=O) groups is 1. The predicted molar refractivity (Wildman–Crippen MR) is 67.5 cm³/mol. The maximum atomic E-state index is 12.0. The van der Waals surface area contributed by atoms with Crippen molar-refractivity contribution in [3.63, 3.8) is 0 Å². The second-order valence-electron chi connectivity index (χ2n) is 3.98. The molecule has 92 valence electrons. The molecule has 0 aliphatic carbocycles. The van der Waals surface area contributed by atoms with E-state index in [1.807, 2.05) is 29.1 Å². The molecule has 0 N–H and O–H groups in total. The van der Waals surface area contributed by atoms with Gasteiger partial charge in [0.1, 0.15) is 6.10 Å². The Morgan fingerprint density at radius 1 is 1.65 bits per heavy atom. The lowest BCUT2D eigenvalue weighted by Gasteiger charge is -2.11. The second kappa shape index (κ2) is 5.42. The van der Waals surface area contributed by atoms with Crippen molar-refractivity contribution in [1.82, 2.24) is 9.38 Å². The van der Waals surface area contributed by atoms with Crippen molar-refractivity contribution in [2.24, 2.45) is 0 Å². The summed E-state index contributed by atoms with van der Waals surface area (Å²) >= 11 is 1.57. The van der Waals surface area contributed by atoms with Crippen LogP contribution in [-0.4, -0.2) is 28.4 Å². The van der Waals surface area contributed by atoms with Crippen molar-refractivity contribution in [2.45, 2.75) is 32.3 Å². The van der Waals surface area contributed by atoms with Gasteiger partial charge in [0.2, 0.25) is 0 Å². The number of imidazole rings is 1. The van der Waals surface area contributed by atoms with E-state index in [1.165, 1.54) is 0 Å². The highest BCUT2D eigenvalue weighted by Crippen LogP contribution is 2.13. The number of ether oxygens (including phenoxy) is 1. The maximum Gasteiger partial charge on any atom is 0.193 e. The van der Waals surface area contributed by atoms with Crippen LogP contribution in [0.25, 0.3) is 4.96 Å². The maximum absolute atomic E-state index is 12.0. The largest absolute Gasteiger partial charge is 0.374 e. The molecule has 2 rings (SSSR count). The number of hydrogen-bond donors (Lipinski definition) is 0. The molecule has 0 saturated heterocycles. The first-order valence-electron chi connectivity index (χ1n) is 5.71. The van der Waals surface area contributed by atoms with Crippen LogP contribution in [0.4, 0.5) is 0 Å². The van der Waals surface area contributed by atoms with Crippen molar-refractivity contribution < 1.29 is 9.53 Å². The number of nitrogens with zero attached hydrogens (tertiary/aromatic N) is 2. The highest BCUT2D eigenvalue weighted by molar-refractivity contribution is 7.15. The number of Topliss-reactive ketones (excluding diaryl/α,β-unsaturated/α-hetero) is 1. The van der Waals surface area contributed by atoms with Crippen LogP contribution >= 0.6 is 11.3 Å². The van der Waals surface area contributed by atoms with Crippen LogP contribution in [0.2, 0.25) is 0 Å². The summed E-state index contributed by atoms with van der Waals surface area (Å²) in [7, 11) is 1.59. The van der Waals surface area contributed by atoms with Gasteiger partial charge in [-0.25, -0.2) is 4.98 Å². The van der Waals surface area contributed by atoms with E-state index >= 15 is 0 Å². The third-order valence-corrected chi connectivity index (χ3v) is 3.46. The van der Waals surface area contributed by atoms with E-state index < -0.39 is 0 Å². The van der Waals surface area contributed by atoms with Crippen molar-refractivity contribution in [2.75, 3.05) is 7.11 Å². The molecule has 2 aromatic heterocycles. The van der Waals surface area contributed by atoms with Gasteiger partial charge in [-0.3, -0.25) is 9.20 Å². The summed E-state index contributed by atoms with van der Waals surface area (Å²) in [5.41, 5.74) is 0.819. The molecule has 0 aliphatic rings. The van der Waals surface area contributed by atoms with Crippen LogP contribution in [0.1, 0.15) is 25.5 Å². The zero-order valence-corrected chi connectivity index (χ0v) is 10.9. The quantitative estimate of drug-likeness (QED) is 0.792. The smallest absolute Gasteiger partial charge is 0.193 e. The van der Waals surface area contributed by atoms with Gasteiger partial charge in [0, 0.05) is 24.9 Å².